The van der Waals surface area contributed by atoms with Gasteiger partial charge < -0.3 is 14.7 Å². The Hall–Kier alpha value is -2.04. The maximum absolute atomic E-state index is 5.24. The molecule has 2 rings (SSSR count). The lowest BCUT2D eigenvalue weighted by molar-refractivity contribution is 0.379. The van der Waals surface area contributed by atoms with E-state index in [-0.39, 0.29) is 0 Å². The number of rotatable bonds is 7. The minimum absolute atomic E-state index is 0.672. The number of nitrogens with zero attached hydrogens (tertiary/aromatic N) is 3. The van der Waals surface area contributed by atoms with Gasteiger partial charge in [0.15, 0.2) is 0 Å². The third-order valence-electron chi connectivity index (χ3n) is 2.95. The van der Waals surface area contributed by atoms with Crippen LogP contribution in [0.5, 0.6) is 0 Å². The van der Waals surface area contributed by atoms with Crippen LogP contribution in [-0.2, 0) is 6.42 Å². The van der Waals surface area contributed by atoms with Crippen molar-refractivity contribution in [2.75, 3.05) is 29.9 Å². The summed E-state index contributed by atoms with van der Waals surface area (Å²) in [5, 5.41) is 7.31. The van der Waals surface area contributed by atoms with E-state index in [4.69, 9.17) is 4.52 Å². The maximum atomic E-state index is 5.24. The molecule has 0 saturated heterocycles. The lowest BCUT2D eigenvalue weighted by atomic mass is 10.3. The molecule has 0 aliphatic heterocycles. The predicted molar refractivity (Wildman–Crippen MR) is 76.5 cm³/mol. The first-order chi connectivity index (χ1) is 9.33. The van der Waals surface area contributed by atoms with Gasteiger partial charge in [0.05, 0.1) is 0 Å². The van der Waals surface area contributed by atoms with Crippen LogP contribution in [-0.4, -0.2) is 29.8 Å². The first kappa shape index (κ1) is 13.4. The van der Waals surface area contributed by atoms with Gasteiger partial charge in [-0.05, 0) is 31.1 Å². The molecule has 0 spiro atoms. The molecule has 2 aromatic rings. The molecule has 0 aliphatic rings. The van der Waals surface area contributed by atoms with E-state index in [9.17, 15) is 0 Å². The van der Waals surface area contributed by atoms with Crippen molar-refractivity contribution in [2.45, 2.75) is 20.3 Å². The van der Waals surface area contributed by atoms with E-state index in [0.29, 0.717) is 11.8 Å². The Kier molecular flexibility index (Phi) is 4.78. The zero-order valence-electron chi connectivity index (χ0n) is 11.5. The second-order valence-electron chi connectivity index (χ2n) is 4.20. The predicted octanol–water partition coefficient (Wildman–Crippen LogP) is 2.57. The highest BCUT2D eigenvalue weighted by Crippen LogP contribution is 2.10. The van der Waals surface area contributed by atoms with Crippen LogP contribution < -0.4 is 10.2 Å². The van der Waals surface area contributed by atoms with Gasteiger partial charge in [0.2, 0.25) is 5.89 Å². The topological polar surface area (TPSA) is 54.2 Å². The van der Waals surface area contributed by atoms with Crippen LogP contribution in [0.1, 0.15) is 19.7 Å². The molecule has 0 saturated carbocycles. The zero-order valence-corrected chi connectivity index (χ0v) is 11.5. The fourth-order valence-electron chi connectivity index (χ4n) is 1.85. The lowest BCUT2D eigenvalue weighted by Crippen LogP contribution is -2.23. The van der Waals surface area contributed by atoms with E-state index >= 15 is 0 Å². The number of aromatic nitrogens is 2. The van der Waals surface area contributed by atoms with Crippen LogP contribution >= 0.6 is 0 Å². The van der Waals surface area contributed by atoms with E-state index in [0.717, 1.165) is 31.7 Å². The van der Waals surface area contributed by atoms with Crippen LogP contribution in [0.15, 0.2) is 34.9 Å². The highest BCUT2D eigenvalue weighted by Gasteiger charge is 2.10. The van der Waals surface area contributed by atoms with Gasteiger partial charge in [-0.15, -0.1) is 0 Å². The Bertz CT molecular complexity index is 479. The molecule has 0 radical (unpaired) electrons. The molecule has 102 valence electrons. The second-order valence-corrected chi connectivity index (χ2v) is 4.20. The summed E-state index contributed by atoms with van der Waals surface area (Å²) in [5.74, 6) is 1.35. The molecular weight excluding hydrogens is 240 g/mol. The molecule has 0 atom stereocenters. The van der Waals surface area contributed by atoms with E-state index in [1.54, 1.807) is 0 Å². The Morgan fingerprint density at radius 1 is 1.16 bits per heavy atom. The Morgan fingerprint density at radius 3 is 2.58 bits per heavy atom. The Labute approximate surface area is 113 Å². The molecule has 0 fully saturated rings. The minimum atomic E-state index is 0.672. The smallest absolute Gasteiger partial charge is 0.266 e. The monoisotopic (exact) mass is 260 g/mol. The summed E-state index contributed by atoms with van der Waals surface area (Å²) in [6.07, 6.45) is 0.725. The van der Waals surface area contributed by atoms with Gasteiger partial charge >= 0.3 is 0 Å². The average Bonchev–Trinajstić information content (AvgIpc) is 2.90. The van der Waals surface area contributed by atoms with Crippen molar-refractivity contribution in [3.8, 4) is 0 Å². The fraction of sp³-hybridized carbons (Fsp3) is 0.429. The van der Waals surface area contributed by atoms with Crippen molar-refractivity contribution >= 4 is 11.6 Å². The Morgan fingerprint density at radius 2 is 1.89 bits per heavy atom. The first-order valence-electron chi connectivity index (χ1n) is 6.70. The number of para-hydroxylation sites is 1. The molecule has 1 N–H and O–H groups in total. The molecule has 0 bridgehead atoms. The SMILES string of the molecule is CCN(CC)c1noc(CCNc2ccccc2)n1. The summed E-state index contributed by atoms with van der Waals surface area (Å²) in [6.45, 7) is 6.71. The molecule has 1 heterocycles. The van der Waals surface area contributed by atoms with Crippen LogP contribution in [0.2, 0.25) is 0 Å². The summed E-state index contributed by atoms with van der Waals surface area (Å²) < 4.78 is 5.24. The largest absolute Gasteiger partial charge is 0.385 e. The third-order valence-corrected chi connectivity index (χ3v) is 2.95. The average molecular weight is 260 g/mol. The second kappa shape index (κ2) is 6.78. The first-order valence-corrected chi connectivity index (χ1v) is 6.70. The van der Waals surface area contributed by atoms with Crippen molar-refractivity contribution in [3.05, 3.63) is 36.2 Å². The summed E-state index contributed by atoms with van der Waals surface area (Å²) in [4.78, 5) is 6.46. The third kappa shape index (κ3) is 3.71. The van der Waals surface area contributed by atoms with Gasteiger partial charge in [-0.2, -0.15) is 4.98 Å². The molecule has 0 amide bonds. The van der Waals surface area contributed by atoms with Crippen LogP contribution in [0, 0.1) is 0 Å². The van der Waals surface area contributed by atoms with Gasteiger partial charge in [-0.3, -0.25) is 0 Å². The quantitative estimate of drug-likeness (QED) is 0.829. The molecule has 1 aromatic carbocycles. The van der Waals surface area contributed by atoms with Gasteiger partial charge in [-0.25, -0.2) is 0 Å². The number of hydrogen-bond donors (Lipinski definition) is 1. The van der Waals surface area contributed by atoms with Crippen molar-refractivity contribution in [1.29, 1.82) is 0 Å². The van der Waals surface area contributed by atoms with E-state index in [1.807, 2.05) is 30.3 Å². The van der Waals surface area contributed by atoms with E-state index in [2.05, 4.69) is 34.2 Å². The normalized spacial score (nSPS) is 10.4. The maximum Gasteiger partial charge on any atom is 0.266 e. The van der Waals surface area contributed by atoms with E-state index < -0.39 is 0 Å². The van der Waals surface area contributed by atoms with Crippen LogP contribution in [0.4, 0.5) is 11.6 Å². The number of hydrogen-bond acceptors (Lipinski definition) is 5. The molecule has 0 aliphatic carbocycles. The number of nitrogens with one attached hydrogen (secondary N) is 1. The van der Waals surface area contributed by atoms with Gasteiger partial charge in [-0.1, -0.05) is 18.2 Å². The molecule has 1 aromatic heterocycles. The number of benzene rings is 1. The van der Waals surface area contributed by atoms with Gasteiger partial charge in [0.1, 0.15) is 0 Å². The minimum Gasteiger partial charge on any atom is -0.385 e. The molecule has 5 nitrogen and oxygen atoms in total. The standard InChI is InChI=1S/C14H20N4O/c1-3-18(4-2)14-16-13(19-17-14)10-11-15-12-8-6-5-7-9-12/h5-9,15H,3-4,10-11H2,1-2H3. The van der Waals surface area contributed by atoms with Crippen LogP contribution in [0.3, 0.4) is 0 Å². The molecule has 19 heavy (non-hydrogen) atoms. The lowest BCUT2D eigenvalue weighted by Gasteiger charge is -2.14. The van der Waals surface area contributed by atoms with E-state index in [1.165, 1.54) is 0 Å². The summed E-state index contributed by atoms with van der Waals surface area (Å²) in [6, 6.07) is 10.1. The molecule has 5 heteroatoms. The summed E-state index contributed by atoms with van der Waals surface area (Å²) in [7, 11) is 0. The highest BCUT2D eigenvalue weighted by atomic mass is 16.5. The van der Waals surface area contributed by atoms with Crippen molar-refractivity contribution < 1.29 is 4.52 Å². The Balaban J connectivity index is 1.83. The van der Waals surface area contributed by atoms with Gasteiger partial charge in [0.25, 0.3) is 5.95 Å². The zero-order chi connectivity index (χ0) is 13.5. The molecule has 0 unspecified atom stereocenters. The van der Waals surface area contributed by atoms with Crippen LogP contribution in [0.25, 0.3) is 0 Å². The molecular formula is C14H20N4O. The highest BCUT2D eigenvalue weighted by molar-refractivity contribution is 5.42. The summed E-state index contributed by atoms with van der Waals surface area (Å²) >= 11 is 0. The van der Waals surface area contributed by atoms with Crippen molar-refractivity contribution in [1.82, 2.24) is 10.1 Å². The van der Waals surface area contributed by atoms with Gasteiger partial charge in [0, 0.05) is 31.7 Å². The fourth-order valence-corrected chi connectivity index (χ4v) is 1.85. The number of anilines is 2. The van der Waals surface area contributed by atoms with Crippen molar-refractivity contribution in [3.63, 3.8) is 0 Å². The van der Waals surface area contributed by atoms with Crippen molar-refractivity contribution in [2.24, 2.45) is 0 Å². The summed E-state index contributed by atoms with van der Waals surface area (Å²) in [5.41, 5.74) is 1.10.